The van der Waals surface area contributed by atoms with Gasteiger partial charge in [0.1, 0.15) is 11.0 Å². The third kappa shape index (κ3) is 2.44. The lowest BCUT2D eigenvalue weighted by molar-refractivity contribution is -0.348. The van der Waals surface area contributed by atoms with E-state index in [0.717, 1.165) is 13.2 Å². The lowest BCUT2D eigenvalue weighted by Gasteiger charge is -2.35. The zero-order valence-electron chi connectivity index (χ0n) is 9.75. The van der Waals surface area contributed by atoms with Gasteiger partial charge in [0.25, 0.3) is 0 Å². The molecule has 1 aromatic heterocycles. The second-order valence-electron chi connectivity index (χ2n) is 3.97. The molecular weight excluding hydrogens is 315 g/mol. The van der Waals surface area contributed by atoms with Crippen LogP contribution in [0.4, 0.5) is 22.0 Å². The second kappa shape index (κ2) is 4.85. The van der Waals surface area contributed by atoms with Crippen molar-refractivity contribution in [1.29, 1.82) is 0 Å². The smallest absolute Gasteiger partial charge is 0.456 e. The van der Waals surface area contributed by atoms with Gasteiger partial charge in [0, 0.05) is 7.05 Å². The third-order valence-electron chi connectivity index (χ3n) is 2.58. The number of halogens is 6. The number of aromatic nitrogens is 2. The summed E-state index contributed by atoms with van der Waals surface area (Å²) in [6.07, 6.45) is -7.35. The molecule has 0 fully saturated rings. The van der Waals surface area contributed by atoms with Crippen LogP contribution in [0.2, 0.25) is 5.15 Å². The second-order valence-corrected chi connectivity index (χ2v) is 4.35. The molecule has 1 aromatic rings. The number of aliphatic carboxylic acids is 1. The van der Waals surface area contributed by atoms with E-state index in [4.69, 9.17) is 16.7 Å². The molecule has 1 atom stereocenters. The monoisotopic (exact) mass is 322 g/mol. The molecular formula is C9H8ClF5N2O3. The van der Waals surface area contributed by atoms with Gasteiger partial charge in [0.2, 0.25) is 5.60 Å². The zero-order chi connectivity index (χ0) is 15.9. The third-order valence-corrected chi connectivity index (χ3v) is 2.94. The summed E-state index contributed by atoms with van der Waals surface area (Å²) in [5.41, 5.74) is -4.08. The molecule has 0 aromatic carbocycles. The first-order valence-corrected chi connectivity index (χ1v) is 5.29. The first-order chi connectivity index (χ1) is 8.84. The van der Waals surface area contributed by atoms with Gasteiger partial charge in [-0.05, 0) is 0 Å². The van der Waals surface area contributed by atoms with Crippen molar-refractivity contribution in [3.8, 4) is 0 Å². The fraction of sp³-hybridized carbons (Fsp3) is 0.556. The van der Waals surface area contributed by atoms with E-state index in [1.165, 1.54) is 0 Å². The van der Waals surface area contributed by atoms with E-state index in [9.17, 15) is 31.9 Å². The minimum Gasteiger partial charge on any atom is -0.481 e. The van der Waals surface area contributed by atoms with Crippen molar-refractivity contribution < 1.29 is 37.0 Å². The van der Waals surface area contributed by atoms with Crippen LogP contribution in [0.15, 0.2) is 6.20 Å². The van der Waals surface area contributed by atoms with Gasteiger partial charge in [0.15, 0.2) is 0 Å². The van der Waals surface area contributed by atoms with Crippen LogP contribution in [-0.4, -0.2) is 37.8 Å². The number of aliphatic hydroxyl groups is 1. The quantitative estimate of drug-likeness (QED) is 0.831. The number of alkyl halides is 5. The Balaban J connectivity index is 3.53. The fourth-order valence-electron chi connectivity index (χ4n) is 1.56. The number of hydrogen-bond donors (Lipinski definition) is 2. The predicted octanol–water partition coefficient (Wildman–Crippen LogP) is 1.93. The SMILES string of the molecule is Cn1c(Cl)cnc1[C@@](O)(CC(=O)O)C(F)(F)C(F)(F)F. The molecule has 0 spiro atoms. The summed E-state index contributed by atoms with van der Waals surface area (Å²) in [7, 11) is 0.962. The molecule has 0 aliphatic carbocycles. The van der Waals surface area contributed by atoms with Crippen molar-refractivity contribution in [2.24, 2.45) is 7.05 Å². The number of hydrogen-bond acceptors (Lipinski definition) is 3. The Morgan fingerprint density at radius 1 is 1.40 bits per heavy atom. The van der Waals surface area contributed by atoms with E-state index in [1.807, 2.05) is 0 Å². The van der Waals surface area contributed by atoms with E-state index < -0.39 is 35.9 Å². The summed E-state index contributed by atoms with van der Waals surface area (Å²) in [4.78, 5) is 13.7. The van der Waals surface area contributed by atoms with E-state index >= 15 is 0 Å². The standard InChI is InChI=1S/C9H8ClF5N2O3/c1-17-4(10)3-16-6(17)7(20,2-5(18)19)8(11,12)9(13,14)15/h3,20H,2H2,1H3,(H,18,19)/t7-/m0/s1. The molecule has 11 heteroatoms. The maximum Gasteiger partial charge on any atom is 0.456 e. The van der Waals surface area contributed by atoms with Gasteiger partial charge in [-0.15, -0.1) is 0 Å². The molecule has 0 aliphatic rings. The summed E-state index contributed by atoms with van der Waals surface area (Å²) in [5, 5.41) is 17.9. The number of carboxylic acid groups (broad SMARTS) is 1. The number of carboxylic acids is 1. The van der Waals surface area contributed by atoms with Crippen molar-refractivity contribution >= 4 is 17.6 Å². The first kappa shape index (κ1) is 16.6. The molecule has 0 unspecified atom stereocenters. The Morgan fingerprint density at radius 3 is 2.20 bits per heavy atom. The molecule has 0 saturated heterocycles. The topological polar surface area (TPSA) is 75.3 Å². The van der Waals surface area contributed by atoms with E-state index in [1.54, 1.807) is 0 Å². The van der Waals surface area contributed by atoms with Crippen LogP contribution in [0.25, 0.3) is 0 Å². The van der Waals surface area contributed by atoms with Gasteiger partial charge in [-0.3, -0.25) is 4.79 Å². The van der Waals surface area contributed by atoms with Crippen LogP contribution < -0.4 is 0 Å². The molecule has 1 rings (SSSR count). The lowest BCUT2D eigenvalue weighted by atomic mass is 9.90. The summed E-state index contributed by atoms with van der Waals surface area (Å²) in [5.74, 6) is -9.00. The highest BCUT2D eigenvalue weighted by Gasteiger charge is 2.72. The number of imidazole rings is 1. The van der Waals surface area contributed by atoms with Crippen LogP contribution in [0, 0.1) is 0 Å². The van der Waals surface area contributed by atoms with Crippen molar-refractivity contribution in [2.45, 2.75) is 24.1 Å². The summed E-state index contributed by atoms with van der Waals surface area (Å²) < 4.78 is 64.8. The molecule has 20 heavy (non-hydrogen) atoms. The highest BCUT2D eigenvalue weighted by atomic mass is 35.5. The van der Waals surface area contributed by atoms with Gasteiger partial charge in [-0.1, -0.05) is 11.6 Å². The summed E-state index contributed by atoms with van der Waals surface area (Å²) >= 11 is 5.45. The highest BCUT2D eigenvalue weighted by Crippen LogP contribution is 2.49. The molecule has 0 aliphatic heterocycles. The molecule has 0 saturated carbocycles. The Labute approximate surface area is 113 Å². The Hall–Kier alpha value is -1.42. The molecule has 0 bridgehead atoms. The molecule has 0 amide bonds. The Morgan fingerprint density at radius 2 is 1.90 bits per heavy atom. The molecule has 2 N–H and O–H groups in total. The first-order valence-electron chi connectivity index (χ1n) is 4.91. The minimum atomic E-state index is -6.17. The lowest BCUT2D eigenvalue weighted by Crippen LogP contribution is -2.57. The van der Waals surface area contributed by atoms with Crippen LogP contribution in [-0.2, 0) is 17.4 Å². The fourth-order valence-corrected chi connectivity index (χ4v) is 1.69. The van der Waals surface area contributed by atoms with Gasteiger partial charge in [0.05, 0.1) is 12.6 Å². The predicted molar refractivity (Wildman–Crippen MR) is 55.4 cm³/mol. The number of nitrogens with zero attached hydrogens (tertiary/aromatic N) is 2. The van der Waals surface area contributed by atoms with Crippen molar-refractivity contribution in [1.82, 2.24) is 9.55 Å². The summed E-state index contributed by atoms with van der Waals surface area (Å²) in [6.45, 7) is 0. The number of carbonyl (C=O) groups is 1. The largest absolute Gasteiger partial charge is 0.481 e. The average molecular weight is 323 g/mol. The molecule has 0 radical (unpaired) electrons. The van der Waals surface area contributed by atoms with E-state index in [-0.39, 0.29) is 5.15 Å². The van der Waals surface area contributed by atoms with Gasteiger partial charge < -0.3 is 14.8 Å². The van der Waals surface area contributed by atoms with Crippen molar-refractivity contribution in [2.75, 3.05) is 0 Å². The molecule has 1 heterocycles. The van der Waals surface area contributed by atoms with Gasteiger partial charge in [-0.25, -0.2) is 4.98 Å². The van der Waals surface area contributed by atoms with Gasteiger partial charge in [-0.2, -0.15) is 22.0 Å². The van der Waals surface area contributed by atoms with Crippen LogP contribution >= 0.6 is 11.6 Å². The van der Waals surface area contributed by atoms with Crippen LogP contribution in [0.1, 0.15) is 12.2 Å². The van der Waals surface area contributed by atoms with Crippen molar-refractivity contribution in [3.05, 3.63) is 17.2 Å². The van der Waals surface area contributed by atoms with Crippen LogP contribution in [0.3, 0.4) is 0 Å². The maximum absolute atomic E-state index is 13.5. The summed E-state index contributed by atoms with van der Waals surface area (Å²) in [6, 6.07) is 0. The average Bonchev–Trinajstić information content (AvgIpc) is 2.57. The van der Waals surface area contributed by atoms with E-state index in [0.29, 0.717) is 4.57 Å². The Kier molecular flexibility index (Phi) is 4.03. The van der Waals surface area contributed by atoms with E-state index in [2.05, 4.69) is 4.98 Å². The van der Waals surface area contributed by atoms with Crippen LogP contribution in [0.5, 0.6) is 0 Å². The van der Waals surface area contributed by atoms with Crippen molar-refractivity contribution in [3.63, 3.8) is 0 Å². The van der Waals surface area contributed by atoms with Gasteiger partial charge >= 0.3 is 18.1 Å². The molecule has 114 valence electrons. The normalized spacial score (nSPS) is 16.0. The Bertz CT molecular complexity index is 530. The minimum absolute atomic E-state index is 0.346. The number of rotatable bonds is 4. The molecule has 5 nitrogen and oxygen atoms in total. The zero-order valence-corrected chi connectivity index (χ0v) is 10.5. The highest BCUT2D eigenvalue weighted by molar-refractivity contribution is 6.29. The maximum atomic E-state index is 13.5.